The average molecular weight is 333 g/mol. The summed E-state index contributed by atoms with van der Waals surface area (Å²) in [5, 5.41) is 15.6. The normalized spacial score (nSPS) is 12.0. The molecule has 126 valence electrons. The maximum atomic E-state index is 11.0. The van der Waals surface area contributed by atoms with Gasteiger partial charge >= 0.3 is 6.09 Å². The van der Waals surface area contributed by atoms with Crippen molar-refractivity contribution in [3.05, 3.63) is 24.3 Å². The molecule has 6 nitrogen and oxygen atoms in total. The Morgan fingerprint density at radius 3 is 2.36 bits per heavy atom. The number of ether oxygens (including phenoxy) is 2. The van der Waals surface area contributed by atoms with Crippen molar-refractivity contribution in [1.29, 1.82) is 0 Å². The predicted molar refractivity (Wildman–Crippen MR) is 89.0 cm³/mol. The molecule has 3 N–H and O–H groups in total. The third kappa shape index (κ3) is 8.71. The summed E-state index contributed by atoms with van der Waals surface area (Å²) in [6.07, 6.45) is -1.11. The number of carbonyl (C=O) groups excluding carboxylic acids is 1. The second-order valence-electron chi connectivity index (χ2n) is 5.74. The lowest BCUT2D eigenvalue weighted by atomic mass is 10.1. The van der Waals surface area contributed by atoms with E-state index in [0.29, 0.717) is 18.0 Å². The van der Waals surface area contributed by atoms with Crippen molar-refractivity contribution in [1.82, 2.24) is 5.32 Å². The average Bonchev–Trinajstić information content (AvgIpc) is 2.43. The minimum Gasteiger partial charge on any atom is -0.491 e. The number of hydrogen-bond donors (Lipinski definition) is 3. The molecule has 0 aliphatic carbocycles. The zero-order valence-electron chi connectivity index (χ0n) is 13.4. The van der Waals surface area contributed by atoms with Crippen LogP contribution in [0.1, 0.15) is 20.8 Å². The van der Waals surface area contributed by atoms with Crippen LogP contribution >= 0.6 is 12.4 Å². The zero-order chi connectivity index (χ0) is 15.9. The molecular formula is C15H25ClN2O4. The molecule has 1 amide bonds. The number of β-amino-alcohol motifs (C(OH)–C–C–N with tert-alkyl or cyclic N) is 1. The Labute approximate surface area is 137 Å². The summed E-state index contributed by atoms with van der Waals surface area (Å²) in [5.74, 6) is 0.625. The molecule has 1 aromatic carbocycles. The number of methoxy groups -OCH3 is 1. The lowest BCUT2D eigenvalue weighted by molar-refractivity contribution is 0.100. The number of aliphatic hydroxyl groups excluding tert-OH is 1. The summed E-state index contributed by atoms with van der Waals surface area (Å²) in [5.41, 5.74) is 0.575. The number of anilines is 1. The quantitative estimate of drug-likeness (QED) is 0.745. The van der Waals surface area contributed by atoms with Gasteiger partial charge in [-0.1, -0.05) is 0 Å². The first-order valence-corrected chi connectivity index (χ1v) is 6.81. The Hall–Kier alpha value is -1.50. The molecule has 0 aromatic heterocycles. The second-order valence-corrected chi connectivity index (χ2v) is 5.74. The van der Waals surface area contributed by atoms with Crippen LogP contribution in [0.4, 0.5) is 10.5 Å². The van der Waals surface area contributed by atoms with Gasteiger partial charge in [0.25, 0.3) is 0 Å². The standard InChI is InChI=1S/C15H24N2O4.ClH/c1-15(2,3)16-9-12(18)10-21-13-7-5-11(6-8-13)17-14(19)20-4;/h5-8,12,16,18H,9-10H2,1-4H3,(H,17,19);1H. The monoisotopic (exact) mass is 332 g/mol. The number of nitrogens with one attached hydrogen (secondary N) is 2. The summed E-state index contributed by atoms with van der Waals surface area (Å²) < 4.78 is 9.98. The van der Waals surface area contributed by atoms with Crippen molar-refractivity contribution in [2.75, 3.05) is 25.6 Å². The molecule has 0 spiro atoms. The lowest BCUT2D eigenvalue weighted by Gasteiger charge is -2.23. The first-order valence-electron chi connectivity index (χ1n) is 6.81. The first-order chi connectivity index (χ1) is 9.80. The Morgan fingerprint density at radius 1 is 1.27 bits per heavy atom. The molecule has 0 radical (unpaired) electrons. The smallest absolute Gasteiger partial charge is 0.411 e. The zero-order valence-corrected chi connectivity index (χ0v) is 14.2. The van der Waals surface area contributed by atoms with Gasteiger partial charge in [0.1, 0.15) is 18.5 Å². The summed E-state index contributed by atoms with van der Waals surface area (Å²) in [6.45, 7) is 6.77. The highest BCUT2D eigenvalue weighted by Gasteiger charge is 2.12. The van der Waals surface area contributed by atoms with Crippen molar-refractivity contribution in [3.8, 4) is 5.75 Å². The maximum Gasteiger partial charge on any atom is 0.411 e. The molecule has 0 saturated carbocycles. The molecule has 1 aromatic rings. The van der Waals surface area contributed by atoms with Gasteiger partial charge in [-0.05, 0) is 45.0 Å². The number of amides is 1. The molecule has 1 atom stereocenters. The van der Waals surface area contributed by atoms with E-state index in [1.165, 1.54) is 7.11 Å². The van der Waals surface area contributed by atoms with Crippen LogP contribution < -0.4 is 15.4 Å². The largest absolute Gasteiger partial charge is 0.491 e. The molecule has 0 fully saturated rings. The van der Waals surface area contributed by atoms with Crippen LogP contribution in [-0.4, -0.2) is 43.1 Å². The van der Waals surface area contributed by atoms with Crippen molar-refractivity contribution in [3.63, 3.8) is 0 Å². The summed E-state index contributed by atoms with van der Waals surface area (Å²) in [4.78, 5) is 11.0. The topological polar surface area (TPSA) is 79.8 Å². The molecule has 1 unspecified atom stereocenters. The van der Waals surface area contributed by atoms with E-state index in [2.05, 4.69) is 15.4 Å². The fraction of sp³-hybridized carbons (Fsp3) is 0.533. The minimum atomic E-state index is -0.586. The van der Waals surface area contributed by atoms with Crippen LogP contribution in [0.3, 0.4) is 0 Å². The van der Waals surface area contributed by atoms with Gasteiger partial charge in [0, 0.05) is 17.8 Å². The number of halogens is 1. The van der Waals surface area contributed by atoms with Gasteiger partial charge in [0.15, 0.2) is 0 Å². The maximum absolute atomic E-state index is 11.0. The van der Waals surface area contributed by atoms with E-state index >= 15 is 0 Å². The van der Waals surface area contributed by atoms with Crippen molar-refractivity contribution in [2.24, 2.45) is 0 Å². The lowest BCUT2D eigenvalue weighted by Crippen LogP contribution is -2.42. The van der Waals surface area contributed by atoms with Crippen LogP contribution in [0.25, 0.3) is 0 Å². The Bertz CT molecular complexity index is 446. The van der Waals surface area contributed by atoms with E-state index in [4.69, 9.17) is 4.74 Å². The van der Waals surface area contributed by atoms with E-state index in [1.54, 1.807) is 24.3 Å². The molecule has 7 heteroatoms. The second kappa shape index (κ2) is 9.50. The van der Waals surface area contributed by atoms with E-state index in [0.717, 1.165) is 0 Å². The summed E-state index contributed by atoms with van der Waals surface area (Å²) >= 11 is 0. The van der Waals surface area contributed by atoms with Gasteiger partial charge in [-0.15, -0.1) is 12.4 Å². The summed E-state index contributed by atoms with van der Waals surface area (Å²) in [7, 11) is 1.31. The molecular weight excluding hydrogens is 308 g/mol. The van der Waals surface area contributed by atoms with E-state index < -0.39 is 12.2 Å². The molecule has 22 heavy (non-hydrogen) atoms. The van der Waals surface area contributed by atoms with Gasteiger partial charge in [-0.3, -0.25) is 5.32 Å². The van der Waals surface area contributed by atoms with E-state index in [1.807, 2.05) is 20.8 Å². The molecule has 0 aliphatic heterocycles. The predicted octanol–water partition coefficient (Wildman–Crippen LogP) is 2.41. The van der Waals surface area contributed by atoms with Gasteiger partial charge < -0.3 is 19.9 Å². The van der Waals surface area contributed by atoms with Crippen LogP contribution in [0.2, 0.25) is 0 Å². The number of benzene rings is 1. The highest BCUT2D eigenvalue weighted by atomic mass is 35.5. The molecule has 0 aliphatic rings. The third-order valence-corrected chi connectivity index (χ3v) is 2.60. The fourth-order valence-corrected chi connectivity index (χ4v) is 1.48. The highest BCUT2D eigenvalue weighted by Crippen LogP contribution is 2.16. The highest BCUT2D eigenvalue weighted by molar-refractivity contribution is 5.85. The van der Waals surface area contributed by atoms with Gasteiger partial charge in [-0.2, -0.15) is 0 Å². The number of hydrogen-bond acceptors (Lipinski definition) is 5. The van der Waals surface area contributed by atoms with Crippen molar-refractivity contribution < 1.29 is 19.4 Å². The Morgan fingerprint density at radius 2 is 1.86 bits per heavy atom. The number of aliphatic hydroxyl groups is 1. The van der Waals surface area contributed by atoms with Gasteiger partial charge in [0.2, 0.25) is 0 Å². The molecule has 0 bridgehead atoms. The van der Waals surface area contributed by atoms with E-state index in [9.17, 15) is 9.90 Å². The minimum absolute atomic E-state index is 0. The number of rotatable bonds is 6. The first kappa shape index (κ1) is 20.5. The van der Waals surface area contributed by atoms with Crippen LogP contribution in [0, 0.1) is 0 Å². The van der Waals surface area contributed by atoms with Gasteiger partial charge in [0.05, 0.1) is 7.11 Å². The molecule has 0 heterocycles. The Kier molecular flexibility index (Phi) is 8.86. The van der Waals surface area contributed by atoms with Crippen molar-refractivity contribution in [2.45, 2.75) is 32.4 Å². The SMILES string of the molecule is COC(=O)Nc1ccc(OCC(O)CNC(C)(C)C)cc1.Cl. The number of carbonyl (C=O) groups is 1. The van der Waals surface area contributed by atoms with Crippen LogP contribution in [0.15, 0.2) is 24.3 Å². The Balaban J connectivity index is 0.00000441. The summed E-state index contributed by atoms with van der Waals surface area (Å²) in [6, 6.07) is 6.84. The molecule has 0 saturated heterocycles. The molecule has 1 rings (SSSR count). The van der Waals surface area contributed by atoms with Crippen LogP contribution in [-0.2, 0) is 4.74 Å². The third-order valence-electron chi connectivity index (χ3n) is 2.60. The van der Waals surface area contributed by atoms with Crippen molar-refractivity contribution >= 4 is 24.2 Å². The fourth-order valence-electron chi connectivity index (χ4n) is 1.48. The van der Waals surface area contributed by atoms with E-state index in [-0.39, 0.29) is 24.6 Å². The van der Waals surface area contributed by atoms with Crippen LogP contribution in [0.5, 0.6) is 5.75 Å². The van der Waals surface area contributed by atoms with Gasteiger partial charge in [-0.25, -0.2) is 4.79 Å².